The molecule has 1 unspecified atom stereocenters. The number of nitro benzene ring substituents is 1. The number of amides is 2. The molecular formula is C19H20N4O6. The summed E-state index contributed by atoms with van der Waals surface area (Å²) in [7, 11) is 0. The molecule has 0 aliphatic carbocycles. The molecule has 29 heavy (non-hydrogen) atoms. The molecule has 10 heteroatoms. The second-order valence-electron chi connectivity index (χ2n) is 5.91. The topological polar surface area (TPSA) is 141 Å². The van der Waals surface area contributed by atoms with Crippen LogP contribution in [-0.2, 0) is 14.3 Å². The van der Waals surface area contributed by atoms with Crippen LogP contribution < -0.4 is 10.6 Å². The van der Waals surface area contributed by atoms with Crippen molar-refractivity contribution in [2.75, 3.05) is 13.2 Å². The van der Waals surface area contributed by atoms with Gasteiger partial charge in [-0.25, -0.2) is 0 Å². The molecule has 0 spiro atoms. The van der Waals surface area contributed by atoms with Crippen molar-refractivity contribution >= 4 is 23.5 Å². The molecule has 1 heterocycles. The Balaban J connectivity index is 1.98. The molecule has 0 aliphatic rings. The second kappa shape index (κ2) is 10.5. The monoisotopic (exact) mass is 400 g/mol. The quantitative estimate of drug-likeness (QED) is 0.369. The van der Waals surface area contributed by atoms with Crippen LogP contribution in [0.1, 0.15) is 35.3 Å². The SMILES string of the molecule is CCOC(=O)CC(NC(=O)CNC(=O)c1cccc([N+](=O)[O-])c1)c1cccnc1. The number of benzene rings is 1. The summed E-state index contributed by atoms with van der Waals surface area (Å²) in [6.07, 6.45) is 2.99. The molecule has 0 bridgehead atoms. The maximum absolute atomic E-state index is 12.3. The van der Waals surface area contributed by atoms with Gasteiger partial charge in [-0.05, 0) is 24.6 Å². The molecule has 0 radical (unpaired) electrons. The zero-order valence-electron chi connectivity index (χ0n) is 15.7. The lowest BCUT2D eigenvalue weighted by Gasteiger charge is -2.18. The van der Waals surface area contributed by atoms with Gasteiger partial charge in [0.05, 0.1) is 30.5 Å². The van der Waals surface area contributed by atoms with Crippen molar-refractivity contribution in [2.45, 2.75) is 19.4 Å². The largest absolute Gasteiger partial charge is 0.466 e. The van der Waals surface area contributed by atoms with Gasteiger partial charge in [0, 0.05) is 30.1 Å². The van der Waals surface area contributed by atoms with Gasteiger partial charge >= 0.3 is 5.97 Å². The number of aromatic nitrogens is 1. The number of hydrogen-bond donors (Lipinski definition) is 2. The maximum atomic E-state index is 12.3. The molecule has 2 rings (SSSR count). The van der Waals surface area contributed by atoms with E-state index in [1.54, 1.807) is 25.3 Å². The van der Waals surface area contributed by atoms with Gasteiger partial charge in [-0.3, -0.25) is 29.5 Å². The second-order valence-corrected chi connectivity index (χ2v) is 5.91. The molecule has 1 atom stereocenters. The lowest BCUT2D eigenvalue weighted by molar-refractivity contribution is -0.384. The Kier molecular flexibility index (Phi) is 7.78. The number of ether oxygens (including phenoxy) is 1. The minimum atomic E-state index is -0.676. The lowest BCUT2D eigenvalue weighted by Crippen LogP contribution is -2.39. The smallest absolute Gasteiger partial charge is 0.308 e. The van der Waals surface area contributed by atoms with Crippen molar-refractivity contribution < 1.29 is 24.0 Å². The van der Waals surface area contributed by atoms with E-state index in [4.69, 9.17) is 4.74 Å². The van der Waals surface area contributed by atoms with E-state index in [2.05, 4.69) is 15.6 Å². The third-order valence-electron chi connectivity index (χ3n) is 3.83. The van der Waals surface area contributed by atoms with Gasteiger partial charge in [-0.15, -0.1) is 0 Å². The molecule has 2 N–H and O–H groups in total. The fraction of sp³-hybridized carbons (Fsp3) is 0.263. The Morgan fingerprint density at radius 1 is 1.24 bits per heavy atom. The Hall–Kier alpha value is -3.82. The standard InChI is InChI=1S/C19H20N4O6/c1-2-29-18(25)10-16(14-6-4-8-20-11-14)22-17(24)12-21-19(26)13-5-3-7-15(9-13)23(27)28/h3-9,11,16H,2,10,12H2,1H3,(H,21,26)(H,22,24). The van der Waals surface area contributed by atoms with E-state index >= 15 is 0 Å². The summed E-state index contributed by atoms with van der Waals surface area (Å²) < 4.78 is 4.93. The van der Waals surface area contributed by atoms with Gasteiger partial charge in [0.2, 0.25) is 5.91 Å². The maximum Gasteiger partial charge on any atom is 0.308 e. The van der Waals surface area contributed by atoms with Crippen molar-refractivity contribution in [2.24, 2.45) is 0 Å². The van der Waals surface area contributed by atoms with Crippen molar-refractivity contribution in [1.29, 1.82) is 0 Å². The van der Waals surface area contributed by atoms with E-state index < -0.39 is 28.7 Å². The highest BCUT2D eigenvalue weighted by Gasteiger charge is 2.20. The summed E-state index contributed by atoms with van der Waals surface area (Å²) >= 11 is 0. The number of pyridine rings is 1. The zero-order chi connectivity index (χ0) is 21.2. The van der Waals surface area contributed by atoms with Crippen molar-refractivity contribution in [3.05, 3.63) is 70.0 Å². The van der Waals surface area contributed by atoms with Crippen molar-refractivity contribution in [3.8, 4) is 0 Å². The first-order valence-electron chi connectivity index (χ1n) is 8.78. The van der Waals surface area contributed by atoms with Crippen LogP contribution in [0.5, 0.6) is 0 Å². The predicted molar refractivity (Wildman–Crippen MR) is 102 cm³/mol. The number of non-ortho nitro benzene ring substituents is 1. The first-order chi connectivity index (χ1) is 13.9. The molecule has 0 aliphatic heterocycles. The van der Waals surface area contributed by atoms with Crippen LogP contribution in [0, 0.1) is 10.1 Å². The van der Waals surface area contributed by atoms with E-state index in [1.807, 2.05) is 0 Å². The highest BCUT2D eigenvalue weighted by molar-refractivity contribution is 5.97. The highest BCUT2D eigenvalue weighted by Crippen LogP contribution is 2.16. The Morgan fingerprint density at radius 3 is 2.69 bits per heavy atom. The molecular weight excluding hydrogens is 380 g/mol. The minimum Gasteiger partial charge on any atom is -0.466 e. The summed E-state index contributed by atoms with van der Waals surface area (Å²) in [4.78, 5) is 50.4. The highest BCUT2D eigenvalue weighted by atomic mass is 16.6. The number of carbonyl (C=O) groups is 3. The molecule has 0 fully saturated rings. The fourth-order valence-corrected chi connectivity index (χ4v) is 2.49. The van der Waals surface area contributed by atoms with Gasteiger partial charge in [0.1, 0.15) is 0 Å². The Morgan fingerprint density at radius 2 is 2.03 bits per heavy atom. The van der Waals surface area contributed by atoms with Crippen LogP contribution in [0.15, 0.2) is 48.8 Å². The number of hydrogen-bond acceptors (Lipinski definition) is 7. The average molecular weight is 400 g/mol. The average Bonchev–Trinajstić information content (AvgIpc) is 2.72. The molecule has 2 aromatic rings. The molecule has 2 amide bonds. The number of esters is 1. The van der Waals surface area contributed by atoms with E-state index in [0.29, 0.717) is 5.56 Å². The third-order valence-corrected chi connectivity index (χ3v) is 3.83. The van der Waals surface area contributed by atoms with E-state index in [0.717, 1.165) is 6.07 Å². The van der Waals surface area contributed by atoms with Crippen LogP contribution in [0.25, 0.3) is 0 Å². The Bertz CT molecular complexity index is 887. The summed E-state index contributed by atoms with van der Waals surface area (Å²) in [5, 5.41) is 15.9. The lowest BCUT2D eigenvalue weighted by atomic mass is 10.1. The molecule has 152 valence electrons. The van der Waals surface area contributed by atoms with Crippen molar-refractivity contribution in [3.63, 3.8) is 0 Å². The van der Waals surface area contributed by atoms with Crippen LogP contribution in [0.4, 0.5) is 5.69 Å². The minimum absolute atomic E-state index is 0.0577. The Labute approximate surface area is 166 Å². The first kappa shape index (κ1) is 21.5. The van der Waals surface area contributed by atoms with Crippen LogP contribution >= 0.6 is 0 Å². The molecule has 10 nitrogen and oxygen atoms in total. The molecule has 1 aromatic carbocycles. The van der Waals surface area contributed by atoms with Crippen molar-refractivity contribution in [1.82, 2.24) is 15.6 Å². The fourth-order valence-electron chi connectivity index (χ4n) is 2.49. The normalized spacial score (nSPS) is 11.2. The summed E-state index contributed by atoms with van der Waals surface area (Å²) in [5.74, 6) is -1.66. The van der Waals surface area contributed by atoms with Crippen LogP contribution in [-0.4, -0.2) is 40.8 Å². The van der Waals surface area contributed by atoms with Gasteiger partial charge < -0.3 is 15.4 Å². The molecule has 0 saturated heterocycles. The third kappa shape index (κ3) is 6.69. The number of rotatable bonds is 9. The van der Waals surface area contributed by atoms with E-state index in [9.17, 15) is 24.5 Å². The number of nitrogens with zero attached hydrogens (tertiary/aromatic N) is 2. The summed E-state index contributed by atoms with van der Waals surface area (Å²) in [6.45, 7) is 1.52. The molecule has 1 aromatic heterocycles. The van der Waals surface area contributed by atoms with E-state index in [1.165, 1.54) is 24.4 Å². The number of nitro groups is 1. The number of nitrogens with one attached hydrogen (secondary N) is 2. The van der Waals surface area contributed by atoms with Crippen LogP contribution in [0.2, 0.25) is 0 Å². The van der Waals surface area contributed by atoms with Gasteiger partial charge in [-0.2, -0.15) is 0 Å². The summed E-state index contributed by atoms with van der Waals surface area (Å²) in [5.41, 5.74) is 0.439. The zero-order valence-corrected chi connectivity index (χ0v) is 15.7. The van der Waals surface area contributed by atoms with Gasteiger partial charge in [0.25, 0.3) is 11.6 Å². The van der Waals surface area contributed by atoms with Crippen LogP contribution in [0.3, 0.4) is 0 Å². The van der Waals surface area contributed by atoms with Gasteiger partial charge in [-0.1, -0.05) is 12.1 Å². The number of carbonyl (C=O) groups excluding carboxylic acids is 3. The van der Waals surface area contributed by atoms with E-state index in [-0.39, 0.29) is 30.8 Å². The first-order valence-corrected chi connectivity index (χ1v) is 8.78. The predicted octanol–water partition coefficient (Wildman–Crippen LogP) is 1.53. The van der Waals surface area contributed by atoms with Gasteiger partial charge in [0.15, 0.2) is 0 Å². The summed E-state index contributed by atoms with van der Waals surface area (Å²) in [6, 6.07) is 7.86. The molecule has 0 saturated carbocycles.